The highest BCUT2D eigenvalue weighted by molar-refractivity contribution is 6.02. The Bertz CT molecular complexity index is 735. The summed E-state index contributed by atoms with van der Waals surface area (Å²) in [6.07, 6.45) is 0.355. The Balaban J connectivity index is 2.52. The molecule has 0 radical (unpaired) electrons. The van der Waals surface area contributed by atoms with Crippen LogP contribution in [-0.2, 0) is 11.2 Å². The number of primary amides is 3. The molecule has 1 heterocycles. The lowest BCUT2D eigenvalue weighted by molar-refractivity contribution is -0.117. The van der Waals surface area contributed by atoms with Gasteiger partial charge in [0.05, 0.1) is 0 Å². The standard InChI is InChI=1S/C13H15N5O3/c14-10(19)4-2-7-8-5-6(17-13(16)21)1-3-9(8)18-11(7)12(15)20/h1,3,5,18H,2,4H2,(H2,14,19)(H2,15,20)(H3,16,17,21). The minimum absolute atomic E-state index is 0.0840. The molecule has 0 aliphatic carbocycles. The van der Waals surface area contributed by atoms with Crippen LogP contribution >= 0.6 is 0 Å². The third kappa shape index (κ3) is 3.11. The van der Waals surface area contributed by atoms with E-state index in [2.05, 4.69) is 10.3 Å². The molecule has 0 fully saturated rings. The Morgan fingerprint density at radius 2 is 1.86 bits per heavy atom. The molecule has 1 aromatic heterocycles. The summed E-state index contributed by atoms with van der Waals surface area (Å²) >= 11 is 0. The fourth-order valence-corrected chi connectivity index (χ4v) is 2.19. The first-order chi connectivity index (χ1) is 9.88. The number of H-pyrrole nitrogens is 1. The predicted octanol–water partition coefficient (Wildman–Crippen LogP) is 0.175. The van der Waals surface area contributed by atoms with Crippen molar-refractivity contribution in [3.8, 4) is 0 Å². The van der Waals surface area contributed by atoms with E-state index in [1.165, 1.54) is 0 Å². The number of anilines is 1. The van der Waals surface area contributed by atoms with Crippen LogP contribution in [0.25, 0.3) is 10.9 Å². The first-order valence-electron chi connectivity index (χ1n) is 6.17. The first kappa shape index (κ1) is 14.4. The van der Waals surface area contributed by atoms with Gasteiger partial charge in [0.1, 0.15) is 5.69 Å². The number of benzene rings is 1. The van der Waals surface area contributed by atoms with Gasteiger partial charge in [-0.1, -0.05) is 0 Å². The summed E-state index contributed by atoms with van der Waals surface area (Å²) < 4.78 is 0. The zero-order valence-corrected chi connectivity index (χ0v) is 11.1. The Hall–Kier alpha value is -3.03. The second-order valence-corrected chi connectivity index (χ2v) is 4.56. The maximum absolute atomic E-state index is 11.5. The molecule has 0 bridgehead atoms. The third-order valence-corrected chi connectivity index (χ3v) is 3.04. The maximum atomic E-state index is 11.5. The summed E-state index contributed by atoms with van der Waals surface area (Å²) in [6, 6.07) is 4.27. The van der Waals surface area contributed by atoms with Crippen LogP contribution in [0.3, 0.4) is 0 Å². The van der Waals surface area contributed by atoms with E-state index in [4.69, 9.17) is 17.2 Å². The minimum Gasteiger partial charge on any atom is -0.370 e. The number of urea groups is 1. The van der Waals surface area contributed by atoms with Gasteiger partial charge in [0.25, 0.3) is 5.91 Å². The maximum Gasteiger partial charge on any atom is 0.316 e. The van der Waals surface area contributed by atoms with Crippen molar-refractivity contribution in [1.29, 1.82) is 0 Å². The lowest BCUT2D eigenvalue weighted by Crippen LogP contribution is -2.19. The molecule has 4 amide bonds. The van der Waals surface area contributed by atoms with Gasteiger partial charge < -0.3 is 27.5 Å². The molecule has 0 spiro atoms. The molecule has 0 saturated heterocycles. The van der Waals surface area contributed by atoms with Crippen LogP contribution in [0.2, 0.25) is 0 Å². The van der Waals surface area contributed by atoms with Crippen molar-refractivity contribution in [2.24, 2.45) is 17.2 Å². The lowest BCUT2D eigenvalue weighted by Gasteiger charge is -2.03. The number of aryl methyl sites for hydroxylation is 1. The molecule has 0 unspecified atom stereocenters. The molecule has 0 aliphatic rings. The number of nitrogens with one attached hydrogen (secondary N) is 2. The number of carbonyl (C=O) groups excluding carboxylic acids is 3. The van der Waals surface area contributed by atoms with Crippen molar-refractivity contribution < 1.29 is 14.4 Å². The van der Waals surface area contributed by atoms with Gasteiger partial charge in [-0.05, 0) is 30.2 Å². The number of nitrogens with two attached hydrogens (primary N) is 3. The van der Waals surface area contributed by atoms with E-state index in [-0.39, 0.29) is 18.5 Å². The monoisotopic (exact) mass is 289 g/mol. The summed E-state index contributed by atoms with van der Waals surface area (Å²) in [5.74, 6) is -1.11. The van der Waals surface area contributed by atoms with Gasteiger partial charge in [0.15, 0.2) is 0 Å². The van der Waals surface area contributed by atoms with E-state index in [0.717, 1.165) is 0 Å². The van der Waals surface area contributed by atoms with Crippen LogP contribution in [0, 0.1) is 0 Å². The molecule has 0 saturated carbocycles. The number of carbonyl (C=O) groups is 3. The molecule has 21 heavy (non-hydrogen) atoms. The molecular weight excluding hydrogens is 274 g/mol. The smallest absolute Gasteiger partial charge is 0.316 e. The van der Waals surface area contributed by atoms with E-state index in [1.807, 2.05) is 0 Å². The topological polar surface area (TPSA) is 157 Å². The average Bonchev–Trinajstić information content (AvgIpc) is 2.73. The number of rotatable bonds is 5. The number of amides is 4. The summed E-state index contributed by atoms with van der Waals surface area (Å²) in [5, 5.41) is 3.12. The number of fused-ring (bicyclic) bond motifs is 1. The largest absolute Gasteiger partial charge is 0.370 e. The van der Waals surface area contributed by atoms with E-state index in [1.54, 1.807) is 18.2 Å². The van der Waals surface area contributed by atoms with Gasteiger partial charge in [-0.3, -0.25) is 9.59 Å². The fourth-order valence-electron chi connectivity index (χ4n) is 2.19. The van der Waals surface area contributed by atoms with Crippen molar-refractivity contribution in [2.45, 2.75) is 12.8 Å². The first-order valence-corrected chi connectivity index (χ1v) is 6.17. The van der Waals surface area contributed by atoms with Gasteiger partial charge in [0.2, 0.25) is 5.91 Å². The number of aromatic amines is 1. The van der Waals surface area contributed by atoms with E-state index in [9.17, 15) is 14.4 Å². The molecule has 0 aliphatic heterocycles. The van der Waals surface area contributed by atoms with Crippen LogP contribution in [0.15, 0.2) is 18.2 Å². The zero-order valence-electron chi connectivity index (χ0n) is 11.1. The highest BCUT2D eigenvalue weighted by atomic mass is 16.2. The van der Waals surface area contributed by atoms with Gasteiger partial charge >= 0.3 is 6.03 Å². The summed E-state index contributed by atoms with van der Waals surface area (Å²) in [5.41, 5.74) is 17.5. The van der Waals surface area contributed by atoms with Crippen LogP contribution in [-0.4, -0.2) is 22.8 Å². The molecule has 1 aromatic carbocycles. The van der Waals surface area contributed by atoms with Crippen LogP contribution in [0.4, 0.5) is 10.5 Å². The Labute approximate surface area is 119 Å². The Kier molecular flexibility index (Phi) is 3.79. The fraction of sp³-hybridized carbons (Fsp3) is 0.154. The van der Waals surface area contributed by atoms with Crippen LogP contribution < -0.4 is 22.5 Å². The van der Waals surface area contributed by atoms with Gasteiger partial charge in [-0.25, -0.2) is 4.79 Å². The van der Waals surface area contributed by atoms with Crippen molar-refractivity contribution in [3.05, 3.63) is 29.5 Å². The molecule has 0 atom stereocenters. The number of aromatic nitrogens is 1. The minimum atomic E-state index is -0.696. The summed E-state index contributed by atoms with van der Waals surface area (Å²) in [6.45, 7) is 0. The van der Waals surface area contributed by atoms with Gasteiger partial charge in [0, 0.05) is 23.0 Å². The molecule has 2 aromatic rings. The highest BCUT2D eigenvalue weighted by Crippen LogP contribution is 2.26. The van der Waals surface area contributed by atoms with Gasteiger partial charge in [-0.15, -0.1) is 0 Å². The van der Waals surface area contributed by atoms with Crippen molar-refractivity contribution in [3.63, 3.8) is 0 Å². The lowest BCUT2D eigenvalue weighted by atomic mass is 10.0. The number of hydrogen-bond donors (Lipinski definition) is 5. The van der Waals surface area contributed by atoms with Crippen molar-refractivity contribution >= 4 is 34.4 Å². The van der Waals surface area contributed by atoms with Crippen LogP contribution in [0.5, 0.6) is 0 Å². The molecule has 8 nitrogen and oxygen atoms in total. The highest BCUT2D eigenvalue weighted by Gasteiger charge is 2.16. The second-order valence-electron chi connectivity index (χ2n) is 4.56. The molecule has 110 valence electrons. The molecule has 8 heteroatoms. The predicted molar refractivity (Wildman–Crippen MR) is 77.5 cm³/mol. The van der Waals surface area contributed by atoms with Gasteiger partial charge in [-0.2, -0.15) is 0 Å². The van der Waals surface area contributed by atoms with Crippen LogP contribution in [0.1, 0.15) is 22.5 Å². The number of hydrogen-bond acceptors (Lipinski definition) is 3. The normalized spacial score (nSPS) is 10.5. The van der Waals surface area contributed by atoms with Crippen molar-refractivity contribution in [1.82, 2.24) is 4.98 Å². The second kappa shape index (κ2) is 5.53. The molecule has 2 rings (SSSR count). The molecular formula is C13H15N5O3. The van der Waals surface area contributed by atoms with E-state index >= 15 is 0 Å². The van der Waals surface area contributed by atoms with E-state index < -0.39 is 17.8 Å². The SMILES string of the molecule is NC(=O)CCc1c(C(N)=O)[nH]c2ccc(NC(N)=O)cc12. The average molecular weight is 289 g/mol. The summed E-state index contributed by atoms with van der Waals surface area (Å²) in [4.78, 5) is 36.2. The quantitative estimate of drug-likeness (QED) is 0.532. The summed E-state index contributed by atoms with van der Waals surface area (Å²) in [7, 11) is 0. The van der Waals surface area contributed by atoms with E-state index in [0.29, 0.717) is 22.2 Å². The third-order valence-electron chi connectivity index (χ3n) is 3.04. The van der Waals surface area contributed by atoms with Crippen molar-refractivity contribution in [2.75, 3.05) is 5.32 Å². The molecule has 8 N–H and O–H groups in total. The Morgan fingerprint density at radius 1 is 1.14 bits per heavy atom. The Morgan fingerprint density at radius 3 is 2.43 bits per heavy atom. The zero-order chi connectivity index (χ0) is 15.6.